The van der Waals surface area contributed by atoms with Crippen molar-refractivity contribution in [3.05, 3.63) is 42.7 Å². The van der Waals surface area contributed by atoms with Gasteiger partial charge in [0.15, 0.2) is 0 Å². The van der Waals surface area contributed by atoms with Gasteiger partial charge in [0.1, 0.15) is 5.65 Å². The van der Waals surface area contributed by atoms with Gasteiger partial charge in [-0.15, -0.1) is 0 Å². The molecule has 1 aliphatic rings. The van der Waals surface area contributed by atoms with E-state index in [-0.39, 0.29) is 0 Å². The fourth-order valence-electron chi connectivity index (χ4n) is 3.78. The van der Waals surface area contributed by atoms with Crippen molar-refractivity contribution in [2.24, 2.45) is 0 Å². The van der Waals surface area contributed by atoms with Gasteiger partial charge in [-0.1, -0.05) is 0 Å². The van der Waals surface area contributed by atoms with Gasteiger partial charge in [0.25, 0.3) is 0 Å². The predicted octanol–water partition coefficient (Wildman–Crippen LogP) is 2.71. The number of likely N-dealkylation sites (N-methyl/N-ethyl adjacent to an activating group) is 1. The zero-order chi connectivity index (χ0) is 19.5. The Morgan fingerprint density at radius 3 is 2.61 bits per heavy atom. The topological polar surface area (TPSA) is 61.3 Å². The number of nitrogens with one attached hydrogen (secondary N) is 2. The van der Waals surface area contributed by atoms with E-state index >= 15 is 0 Å². The number of fused-ring (bicyclic) bond motifs is 1. The van der Waals surface area contributed by atoms with Gasteiger partial charge in [-0.3, -0.25) is 0 Å². The van der Waals surface area contributed by atoms with Crippen molar-refractivity contribution in [1.29, 1.82) is 0 Å². The van der Waals surface area contributed by atoms with Gasteiger partial charge in [-0.05, 0) is 51.4 Å². The Kier molecular flexibility index (Phi) is 5.45. The molecule has 7 nitrogen and oxygen atoms in total. The first kappa shape index (κ1) is 18.7. The number of hydrogen-bond donors (Lipinski definition) is 2. The van der Waals surface area contributed by atoms with Crippen LogP contribution in [0.1, 0.15) is 13.0 Å². The normalized spacial score (nSPS) is 15.9. The Hall–Kier alpha value is -2.64. The standard InChI is InChI=1S/C21H29N7/c1-16(15-26(2)3)28-11-8-17-14-23-21(25-20(17)28)24-18-4-6-19(7-5-18)27-12-9-22-10-13-27/h4-8,11,14,16,22H,9-10,12-13,15H2,1-3H3,(H,23,24,25). The van der Waals surface area contributed by atoms with E-state index in [1.165, 1.54) is 5.69 Å². The van der Waals surface area contributed by atoms with Crippen LogP contribution in [0, 0.1) is 0 Å². The van der Waals surface area contributed by atoms with E-state index < -0.39 is 0 Å². The zero-order valence-corrected chi connectivity index (χ0v) is 16.9. The first-order valence-corrected chi connectivity index (χ1v) is 9.91. The molecule has 0 aliphatic carbocycles. The predicted molar refractivity (Wildman–Crippen MR) is 116 cm³/mol. The number of anilines is 3. The molecule has 0 bridgehead atoms. The van der Waals surface area contributed by atoms with E-state index in [4.69, 9.17) is 4.98 Å². The third-order valence-corrected chi connectivity index (χ3v) is 5.17. The average molecular weight is 380 g/mol. The van der Waals surface area contributed by atoms with Crippen molar-refractivity contribution in [3.8, 4) is 0 Å². The Morgan fingerprint density at radius 1 is 1.14 bits per heavy atom. The number of nitrogens with zero attached hydrogens (tertiary/aromatic N) is 5. The minimum Gasteiger partial charge on any atom is -0.369 e. The first-order chi connectivity index (χ1) is 13.6. The highest BCUT2D eigenvalue weighted by atomic mass is 15.2. The number of rotatable bonds is 6. The molecule has 0 radical (unpaired) electrons. The number of benzene rings is 1. The molecule has 0 saturated carbocycles. The van der Waals surface area contributed by atoms with Crippen LogP contribution in [0.2, 0.25) is 0 Å². The molecule has 1 unspecified atom stereocenters. The van der Waals surface area contributed by atoms with E-state index in [0.717, 1.165) is 49.4 Å². The summed E-state index contributed by atoms with van der Waals surface area (Å²) in [5.74, 6) is 0.624. The summed E-state index contributed by atoms with van der Waals surface area (Å²) in [6, 6.07) is 10.9. The monoisotopic (exact) mass is 379 g/mol. The lowest BCUT2D eigenvalue weighted by Gasteiger charge is -2.29. The highest BCUT2D eigenvalue weighted by molar-refractivity contribution is 5.77. The van der Waals surface area contributed by atoms with Gasteiger partial charge >= 0.3 is 0 Å². The third-order valence-electron chi connectivity index (χ3n) is 5.17. The van der Waals surface area contributed by atoms with Gasteiger partial charge in [0, 0.05) is 67.9 Å². The van der Waals surface area contributed by atoms with Crippen LogP contribution >= 0.6 is 0 Å². The Balaban J connectivity index is 1.51. The lowest BCUT2D eigenvalue weighted by Crippen LogP contribution is -2.43. The largest absolute Gasteiger partial charge is 0.369 e. The Bertz CT molecular complexity index is 910. The van der Waals surface area contributed by atoms with Crippen molar-refractivity contribution in [3.63, 3.8) is 0 Å². The first-order valence-electron chi connectivity index (χ1n) is 9.91. The Labute approximate surface area is 166 Å². The maximum absolute atomic E-state index is 4.77. The van der Waals surface area contributed by atoms with Crippen LogP contribution in [0.4, 0.5) is 17.3 Å². The fourth-order valence-corrected chi connectivity index (χ4v) is 3.78. The molecule has 3 aromatic rings. The smallest absolute Gasteiger partial charge is 0.229 e. The second kappa shape index (κ2) is 8.16. The fraction of sp³-hybridized carbons (Fsp3) is 0.429. The second-order valence-electron chi connectivity index (χ2n) is 7.72. The Morgan fingerprint density at radius 2 is 1.89 bits per heavy atom. The number of aromatic nitrogens is 3. The molecule has 1 fully saturated rings. The van der Waals surface area contributed by atoms with Crippen LogP contribution in [0.15, 0.2) is 42.7 Å². The van der Waals surface area contributed by atoms with Gasteiger partial charge in [-0.25, -0.2) is 4.98 Å². The molecular weight excluding hydrogens is 350 g/mol. The van der Waals surface area contributed by atoms with E-state index in [9.17, 15) is 0 Å². The second-order valence-corrected chi connectivity index (χ2v) is 7.72. The molecule has 2 aromatic heterocycles. The quantitative estimate of drug-likeness (QED) is 0.687. The zero-order valence-electron chi connectivity index (χ0n) is 16.9. The number of hydrogen-bond acceptors (Lipinski definition) is 6. The van der Waals surface area contributed by atoms with Gasteiger partial charge in [-0.2, -0.15) is 4.98 Å². The summed E-state index contributed by atoms with van der Waals surface area (Å²) in [5.41, 5.74) is 3.22. The summed E-state index contributed by atoms with van der Waals surface area (Å²) < 4.78 is 2.22. The van der Waals surface area contributed by atoms with Crippen LogP contribution < -0.4 is 15.5 Å². The summed E-state index contributed by atoms with van der Waals surface area (Å²) in [6.07, 6.45) is 3.98. The highest BCUT2D eigenvalue weighted by Crippen LogP contribution is 2.23. The van der Waals surface area contributed by atoms with Crippen molar-refractivity contribution in [1.82, 2.24) is 24.8 Å². The lowest BCUT2D eigenvalue weighted by molar-refractivity contribution is 0.340. The minimum atomic E-state index is 0.341. The summed E-state index contributed by atoms with van der Waals surface area (Å²) in [7, 11) is 4.18. The van der Waals surface area contributed by atoms with Crippen LogP contribution in [-0.2, 0) is 0 Å². The van der Waals surface area contributed by atoms with Gasteiger partial charge in [0.2, 0.25) is 5.95 Å². The molecule has 4 rings (SSSR count). The molecule has 1 aliphatic heterocycles. The van der Waals surface area contributed by atoms with Crippen LogP contribution in [-0.4, -0.2) is 66.3 Å². The van der Waals surface area contributed by atoms with Crippen molar-refractivity contribution >= 4 is 28.4 Å². The maximum Gasteiger partial charge on any atom is 0.229 e. The molecule has 7 heteroatoms. The lowest BCUT2D eigenvalue weighted by atomic mass is 10.2. The van der Waals surface area contributed by atoms with Crippen molar-refractivity contribution in [2.75, 3.05) is 57.0 Å². The van der Waals surface area contributed by atoms with Crippen molar-refractivity contribution < 1.29 is 0 Å². The minimum absolute atomic E-state index is 0.341. The highest BCUT2D eigenvalue weighted by Gasteiger charge is 2.13. The molecule has 2 N–H and O–H groups in total. The summed E-state index contributed by atoms with van der Waals surface area (Å²) in [5, 5.41) is 7.79. The van der Waals surface area contributed by atoms with Gasteiger partial charge < -0.3 is 25.0 Å². The molecule has 0 amide bonds. The van der Waals surface area contributed by atoms with E-state index in [1.807, 2.05) is 6.20 Å². The van der Waals surface area contributed by atoms with Gasteiger partial charge in [0.05, 0.1) is 0 Å². The van der Waals surface area contributed by atoms with Crippen LogP contribution in [0.5, 0.6) is 0 Å². The average Bonchev–Trinajstić information content (AvgIpc) is 3.12. The summed E-state index contributed by atoms with van der Waals surface area (Å²) >= 11 is 0. The van der Waals surface area contributed by atoms with E-state index in [1.54, 1.807) is 0 Å². The maximum atomic E-state index is 4.77. The molecule has 1 aromatic carbocycles. The molecule has 148 valence electrons. The molecule has 1 atom stereocenters. The molecule has 3 heterocycles. The number of piperazine rings is 1. The third kappa shape index (κ3) is 4.10. The van der Waals surface area contributed by atoms with Crippen LogP contribution in [0.25, 0.3) is 11.0 Å². The van der Waals surface area contributed by atoms with Crippen LogP contribution in [0.3, 0.4) is 0 Å². The van der Waals surface area contributed by atoms with E-state index in [2.05, 4.69) is 87.5 Å². The molecule has 1 saturated heterocycles. The van der Waals surface area contributed by atoms with Crippen molar-refractivity contribution in [2.45, 2.75) is 13.0 Å². The SMILES string of the molecule is CC(CN(C)C)n1ccc2cnc(Nc3ccc(N4CCNCC4)cc3)nc21. The molecule has 0 spiro atoms. The summed E-state index contributed by atoms with van der Waals surface area (Å²) in [4.78, 5) is 13.9. The van der Waals surface area contributed by atoms with E-state index in [0.29, 0.717) is 12.0 Å². The molecule has 28 heavy (non-hydrogen) atoms. The molecular formula is C21H29N7. The summed E-state index contributed by atoms with van der Waals surface area (Å²) in [6.45, 7) is 7.36.